The Labute approximate surface area is 130 Å². The van der Waals surface area contributed by atoms with E-state index in [1.165, 1.54) is 11.3 Å². The van der Waals surface area contributed by atoms with E-state index in [1.54, 1.807) is 13.0 Å². The molecule has 0 unspecified atom stereocenters. The Bertz CT molecular complexity index is 812. The summed E-state index contributed by atoms with van der Waals surface area (Å²) in [6, 6.07) is 5.47. The molecule has 3 rings (SSSR count). The Kier molecular flexibility index (Phi) is 3.47. The van der Waals surface area contributed by atoms with Crippen LogP contribution in [0, 0.1) is 20.8 Å². The standard InChI is InChI=1S/C15H13ClN2O2S/c1-7-4-5-11(16)13-12(7)17-15(21-13)18-14(19)10-6-8(2)20-9(10)3/h4-6H,1-3H3,(H,17,18,19). The van der Waals surface area contributed by atoms with E-state index >= 15 is 0 Å². The predicted molar refractivity (Wildman–Crippen MR) is 85.5 cm³/mol. The smallest absolute Gasteiger partial charge is 0.260 e. The van der Waals surface area contributed by atoms with E-state index < -0.39 is 0 Å². The molecule has 0 saturated carbocycles. The van der Waals surface area contributed by atoms with Crippen molar-refractivity contribution in [3.8, 4) is 0 Å². The monoisotopic (exact) mass is 320 g/mol. The highest BCUT2D eigenvalue weighted by Gasteiger charge is 2.16. The molecule has 0 radical (unpaired) electrons. The second-order valence-electron chi connectivity index (χ2n) is 4.84. The van der Waals surface area contributed by atoms with Crippen LogP contribution in [0.4, 0.5) is 5.13 Å². The van der Waals surface area contributed by atoms with Crippen molar-refractivity contribution in [1.82, 2.24) is 4.98 Å². The van der Waals surface area contributed by atoms with Gasteiger partial charge in [0.1, 0.15) is 11.5 Å². The molecule has 0 bridgehead atoms. The number of hydrogen-bond acceptors (Lipinski definition) is 4. The average molecular weight is 321 g/mol. The number of carbonyl (C=O) groups excluding carboxylic acids is 1. The maximum atomic E-state index is 12.3. The van der Waals surface area contributed by atoms with Gasteiger partial charge in [0.05, 0.1) is 20.8 Å². The van der Waals surface area contributed by atoms with Crippen LogP contribution in [0.3, 0.4) is 0 Å². The zero-order valence-electron chi connectivity index (χ0n) is 11.8. The maximum absolute atomic E-state index is 12.3. The molecule has 0 aliphatic heterocycles. The molecule has 4 nitrogen and oxygen atoms in total. The van der Waals surface area contributed by atoms with Gasteiger partial charge in [0.25, 0.3) is 5.91 Å². The Hall–Kier alpha value is -1.85. The van der Waals surface area contributed by atoms with Crippen molar-refractivity contribution in [2.24, 2.45) is 0 Å². The van der Waals surface area contributed by atoms with Gasteiger partial charge in [-0.1, -0.05) is 29.0 Å². The number of thiazole rings is 1. The first kappa shape index (κ1) is 14.1. The van der Waals surface area contributed by atoms with Gasteiger partial charge < -0.3 is 4.42 Å². The first-order valence-corrected chi connectivity index (χ1v) is 7.59. The van der Waals surface area contributed by atoms with Gasteiger partial charge >= 0.3 is 0 Å². The fourth-order valence-electron chi connectivity index (χ4n) is 2.18. The third-order valence-corrected chi connectivity index (χ3v) is 4.63. The van der Waals surface area contributed by atoms with Gasteiger partial charge in [0, 0.05) is 0 Å². The highest BCUT2D eigenvalue weighted by atomic mass is 35.5. The topological polar surface area (TPSA) is 55.1 Å². The molecule has 0 spiro atoms. The lowest BCUT2D eigenvalue weighted by molar-refractivity contribution is 0.102. The molecular weight excluding hydrogens is 308 g/mol. The zero-order chi connectivity index (χ0) is 15.1. The minimum absolute atomic E-state index is 0.225. The van der Waals surface area contributed by atoms with Gasteiger partial charge in [-0.15, -0.1) is 0 Å². The first-order chi connectivity index (χ1) is 9.95. The summed E-state index contributed by atoms with van der Waals surface area (Å²) in [5.74, 6) is 1.08. The number of nitrogens with one attached hydrogen (secondary N) is 1. The molecule has 0 aliphatic rings. The number of aromatic nitrogens is 1. The largest absolute Gasteiger partial charge is 0.466 e. The number of fused-ring (bicyclic) bond motifs is 1. The van der Waals surface area contributed by atoms with Crippen molar-refractivity contribution in [2.75, 3.05) is 5.32 Å². The Balaban J connectivity index is 1.95. The molecule has 1 amide bonds. The second-order valence-corrected chi connectivity index (χ2v) is 6.25. The number of anilines is 1. The number of furan rings is 1. The van der Waals surface area contributed by atoms with Gasteiger partial charge in [-0.2, -0.15) is 0 Å². The van der Waals surface area contributed by atoms with Gasteiger partial charge in [0.2, 0.25) is 0 Å². The number of nitrogens with zero attached hydrogens (tertiary/aromatic N) is 1. The number of aryl methyl sites for hydroxylation is 3. The van der Waals surface area contributed by atoms with E-state index in [9.17, 15) is 4.79 Å². The number of carbonyl (C=O) groups is 1. The summed E-state index contributed by atoms with van der Waals surface area (Å²) in [4.78, 5) is 16.7. The van der Waals surface area contributed by atoms with Gasteiger partial charge in [-0.25, -0.2) is 4.98 Å². The summed E-state index contributed by atoms with van der Waals surface area (Å²) < 4.78 is 6.25. The number of hydrogen-bond donors (Lipinski definition) is 1. The Morgan fingerprint density at radius 1 is 1.33 bits per heavy atom. The zero-order valence-corrected chi connectivity index (χ0v) is 13.4. The van der Waals surface area contributed by atoms with E-state index in [0.29, 0.717) is 27.2 Å². The van der Waals surface area contributed by atoms with Gasteiger partial charge in [-0.3, -0.25) is 10.1 Å². The number of amides is 1. The third kappa shape index (κ3) is 2.54. The van der Waals surface area contributed by atoms with E-state index in [2.05, 4.69) is 10.3 Å². The summed E-state index contributed by atoms with van der Waals surface area (Å²) >= 11 is 7.54. The fraction of sp³-hybridized carbons (Fsp3) is 0.200. The molecule has 0 aliphatic carbocycles. The van der Waals surface area contributed by atoms with Gasteiger partial charge in [0.15, 0.2) is 5.13 Å². The second kappa shape index (κ2) is 5.16. The van der Waals surface area contributed by atoms with Crippen molar-refractivity contribution >= 4 is 44.2 Å². The molecule has 0 fully saturated rings. The van der Waals surface area contributed by atoms with Crippen LogP contribution in [0.25, 0.3) is 10.2 Å². The number of benzene rings is 1. The minimum atomic E-state index is -0.225. The summed E-state index contributed by atoms with van der Waals surface area (Å²) in [7, 11) is 0. The number of rotatable bonds is 2. The van der Waals surface area contributed by atoms with Crippen LogP contribution >= 0.6 is 22.9 Å². The van der Waals surface area contributed by atoms with Crippen LogP contribution < -0.4 is 5.32 Å². The van der Waals surface area contributed by atoms with Crippen LogP contribution in [0.2, 0.25) is 5.02 Å². The van der Waals surface area contributed by atoms with E-state index in [-0.39, 0.29) is 5.91 Å². The third-order valence-electron chi connectivity index (χ3n) is 3.20. The molecule has 1 N–H and O–H groups in total. The van der Waals surface area contributed by atoms with Crippen molar-refractivity contribution in [3.63, 3.8) is 0 Å². The molecule has 21 heavy (non-hydrogen) atoms. The van der Waals surface area contributed by atoms with Crippen LogP contribution in [-0.2, 0) is 0 Å². The van der Waals surface area contributed by atoms with E-state index in [0.717, 1.165) is 15.8 Å². The fourth-order valence-corrected chi connectivity index (χ4v) is 3.39. The minimum Gasteiger partial charge on any atom is -0.466 e. The maximum Gasteiger partial charge on any atom is 0.260 e. The van der Waals surface area contributed by atoms with E-state index in [4.69, 9.17) is 16.0 Å². The normalized spacial score (nSPS) is 11.0. The number of halogens is 1. The molecule has 1 aromatic carbocycles. The quantitative estimate of drug-likeness (QED) is 0.743. The molecule has 2 aromatic heterocycles. The van der Waals surface area contributed by atoms with Crippen LogP contribution in [-0.4, -0.2) is 10.9 Å². The van der Waals surface area contributed by atoms with Crippen LogP contribution in [0.5, 0.6) is 0 Å². The van der Waals surface area contributed by atoms with Crippen molar-refractivity contribution in [1.29, 1.82) is 0 Å². The Morgan fingerprint density at radius 2 is 2.10 bits per heavy atom. The highest BCUT2D eigenvalue weighted by Crippen LogP contribution is 2.34. The lowest BCUT2D eigenvalue weighted by atomic mass is 10.2. The Morgan fingerprint density at radius 3 is 2.71 bits per heavy atom. The van der Waals surface area contributed by atoms with Crippen molar-refractivity contribution in [2.45, 2.75) is 20.8 Å². The molecule has 2 heterocycles. The molecular formula is C15H13ClN2O2S. The molecule has 3 aromatic rings. The molecule has 108 valence electrons. The summed E-state index contributed by atoms with van der Waals surface area (Å²) in [6.45, 7) is 5.54. The predicted octanol–water partition coefficient (Wildman–Crippen LogP) is 4.72. The lowest BCUT2D eigenvalue weighted by Crippen LogP contribution is -2.11. The average Bonchev–Trinajstić information content (AvgIpc) is 2.98. The molecule has 0 saturated heterocycles. The van der Waals surface area contributed by atoms with Crippen molar-refractivity contribution < 1.29 is 9.21 Å². The summed E-state index contributed by atoms with van der Waals surface area (Å²) in [5, 5.41) is 3.98. The van der Waals surface area contributed by atoms with E-state index in [1.807, 2.05) is 26.0 Å². The SMILES string of the molecule is Cc1cc(C(=O)Nc2nc3c(C)ccc(Cl)c3s2)c(C)o1. The molecule has 6 heteroatoms. The van der Waals surface area contributed by atoms with Crippen molar-refractivity contribution in [3.05, 3.63) is 45.9 Å². The summed E-state index contributed by atoms with van der Waals surface area (Å²) in [5.41, 5.74) is 2.37. The van der Waals surface area contributed by atoms with Gasteiger partial charge in [-0.05, 0) is 38.5 Å². The molecule has 0 atom stereocenters. The lowest BCUT2D eigenvalue weighted by Gasteiger charge is -1.98. The van der Waals surface area contributed by atoms with Crippen LogP contribution in [0.1, 0.15) is 27.4 Å². The first-order valence-electron chi connectivity index (χ1n) is 6.39. The van der Waals surface area contributed by atoms with Crippen LogP contribution in [0.15, 0.2) is 22.6 Å². The highest BCUT2D eigenvalue weighted by molar-refractivity contribution is 7.23. The summed E-state index contributed by atoms with van der Waals surface area (Å²) in [6.07, 6.45) is 0.